The molecule has 1 aromatic carbocycles. The fraction of sp³-hybridized carbons (Fsp3) is 0.533. The first-order chi connectivity index (χ1) is 9.48. The molecular formula is C15H22F2N2O. The number of halogens is 2. The summed E-state index contributed by atoms with van der Waals surface area (Å²) in [5.74, 6) is -1.79. The molecule has 0 atom stereocenters. The highest BCUT2D eigenvalue weighted by Crippen LogP contribution is 2.23. The van der Waals surface area contributed by atoms with Gasteiger partial charge in [-0.1, -0.05) is 19.9 Å². The summed E-state index contributed by atoms with van der Waals surface area (Å²) >= 11 is 0. The SMILES string of the molecule is CCC(CC)(CN)CNC(=O)Cc1c(F)cccc1F. The number of benzene rings is 1. The Hall–Kier alpha value is -1.49. The number of amides is 1. The number of nitrogens with two attached hydrogens (primary N) is 1. The largest absolute Gasteiger partial charge is 0.355 e. The van der Waals surface area contributed by atoms with Crippen LogP contribution in [-0.4, -0.2) is 19.0 Å². The van der Waals surface area contributed by atoms with Crippen LogP contribution in [0.15, 0.2) is 18.2 Å². The van der Waals surface area contributed by atoms with Crippen molar-refractivity contribution in [2.75, 3.05) is 13.1 Å². The van der Waals surface area contributed by atoms with E-state index in [1.54, 1.807) is 0 Å². The van der Waals surface area contributed by atoms with E-state index in [4.69, 9.17) is 5.73 Å². The summed E-state index contributed by atoms with van der Waals surface area (Å²) in [6.07, 6.45) is 1.38. The Morgan fingerprint density at radius 1 is 1.25 bits per heavy atom. The van der Waals surface area contributed by atoms with Crippen LogP contribution in [0.5, 0.6) is 0 Å². The van der Waals surface area contributed by atoms with Crippen LogP contribution in [0.1, 0.15) is 32.3 Å². The van der Waals surface area contributed by atoms with E-state index in [1.165, 1.54) is 6.07 Å². The topological polar surface area (TPSA) is 55.1 Å². The van der Waals surface area contributed by atoms with Crippen molar-refractivity contribution >= 4 is 5.91 Å². The lowest BCUT2D eigenvalue weighted by Crippen LogP contribution is -2.42. The van der Waals surface area contributed by atoms with E-state index >= 15 is 0 Å². The summed E-state index contributed by atoms with van der Waals surface area (Å²) < 4.78 is 26.9. The van der Waals surface area contributed by atoms with Crippen LogP contribution in [0.4, 0.5) is 8.78 Å². The van der Waals surface area contributed by atoms with Crippen molar-refractivity contribution in [1.29, 1.82) is 0 Å². The lowest BCUT2D eigenvalue weighted by atomic mass is 9.82. The lowest BCUT2D eigenvalue weighted by Gasteiger charge is -2.30. The molecule has 5 heteroatoms. The fourth-order valence-corrected chi connectivity index (χ4v) is 2.07. The van der Waals surface area contributed by atoms with Crippen LogP contribution in [0.25, 0.3) is 0 Å². The van der Waals surface area contributed by atoms with Crippen LogP contribution in [0.2, 0.25) is 0 Å². The van der Waals surface area contributed by atoms with Gasteiger partial charge in [-0.3, -0.25) is 4.79 Å². The Bertz CT molecular complexity index is 431. The van der Waals surface area contributed by atoms with Crippen molar-refractivity contribution in [3.8, 4) is 0 Å². The van der Waals surface area contributed by atoms with Crippen LogP contribution in [-0.2, 0) is 11.2 Å². The van der Waals surface area contributed by atoms with Gasteiger partial charge >= 0.3 is 0 Å². The highest BCUT2D eigenvalue weighted by atomic mass is 19.1. The zero-order valence-electron chi connectivity index (χ0n) is 12.0. The van der Waals surface area contributed by atoms with E-state index in [0.717, 1.165) is 25.0 Å². The second-order valence-corrected chi connectivity index (χ2v) is 5.06. The molecule has 0 fully saturated rings. The minimum atomic E-state index is -0.698. The first kappa shape index (κ1) is 16.6. The lowest BCUT2D eigenvalue weighted by molar-refractivity contribution is -0.121. The van der Waals surface area contributed by atoms with Gasteiger partial charge in [-0.05, 0) is 36.9 Å². The molecule has 0 aliphatic rings. The minimum absolute atomic E-state index is 0.149. The van der Waals surface area contributed by atoms with E-state index in [0.29, 0.717) is 13.1 Å². The predicted molar refractivity (Wildman–Crippen MR) is 75.1 cm³/mol. The van der Waals surface area contributed by atoms with Crippen molar-refractivity contribution in [1.82, 2.24) is 5.32 Å². The Labute approximate surface area is 118 Å². The maximum atomic E-state index is 13.4. The molecular weight excluding hydrogens is 262 g/mol. The second-order valence-electron chi connectivity index (χ2n) is 5.06. The third-order valence-electron chi connectivity index (χ3n) is 3.99. The molecule has 1 aromatic rings. The molecule has 0 radical (unpaired) electrons. The average Bonchev–Trinajstić information content (AvgIpc) is 2.45. The first-order valence-electron chi connectivity index (χ1n) is 6.87. The van der Waals surface area contributed by atoms with E-state index in [2.05, 4.69) is 5.32 Å². The third-order valence-corrected chi connectivity index (χ3v) is 3.99. The molecule has 3 N–H and O–H groups in total. The number of nitrogens with one attached hydrogen (secondary N) is 1. The summed E-state index contributed by atoms with van der Waals surface area (Å²) in [7, 11) is 0. The van der Waals surface area contributed by atoms with Crippen LogP contribution in [0, 0.1) is 17.0 Å². The second kappa shape index (κ2) is 7.33. The Balaban J connectivity index is 2.65. The molecule has 0 spiro atoms. The Kier molecular flexibility index (Phi) is 6.07. The van der Waals surface area contributed by atoms with Gasteiger partial charge in [0.1, 0.15) is 11.6 Å². The van der Waals surface area contributed by atoms with Crippen LogP contribution < -0.4 is 11.1 Å². The van der Waals surface area contributed by atoms with Crippen molar-refractivity contribution in [2.45, 2.75) is 33.1 Å². The van der Waals surface area contributed by atoms with Crippen molar-refractivity contribution in [2.24, 2.45) is 11.1 Å². The van der Waals surface area contributed by atoms with Gasteiger partial charge < -0.3 is 11.1 Å². The van der Waals surface area contributed by atoms with Crippen molar-refractivity contribution in [3.63, 3.8) is 0 Å². The van der Waals surface area contributed by atoms with Gasteiger partial charge in [0.05, 0.1) is 6.42 Å². The molecule has 20 heavy (non-hydrogen) atoms. The molecule has 1 amide bonds. The van der Waals surface area contributed by atoms with Crippen LogP contribution >= 0.6 is 0 Å². The van der Waals surface area contributed by atoms with Gasteiger partial charge in [-0.2, -0.15) is 0 Å². The summed E-state index contributed by atoms with van der Waals surface area (Å²) in [4.78, 5) is 11.8. The highest BCUT2D eigenvalue weighted by Gasteiger charge is 2.25. The number of hydrogen-bond donors (Lipinski definition) is 2. The molecule has 0 saturated heterocycles. The van der Waals surface area contributed by atoms with E-state index in [9.17, 15) is 13.6 Å². The minimum Gasteiger partial charge on any atom is -0.355 e. The average molecular weight is 284 g/mol. The number of hydrogen-bond acceptors (Lipinski definition) is 2. The molecule has 0 aliphatic carbocycles. The number of carbonyl (C=O) groups excluding carboxylic acids is 1. The van der Waals surface area contributed by atoms with E-state index < -0.39 is 17.5 Å². The molecule has 3 nitrogen and oxygen atoms in total. The zero-order valence-corrected chi connectivity index (χ0v) is 12.0. The van der Waals surface area contributed by atoms with Crippen molar-refractivity contribution in [3.05, 3.63) is 35.4 Å². The maximum absolute atomic E-state index is 13.4. The third kappa shape index (κ3) is 4.00. The summed E-state index contributed by atoms with van der Waals surface area (Å²) in [6, 6.07) is 3.57. The Morgan fingerprint density at radius 3 is 2.25 bits per heavy atom. The van der Waals surface area contributed by atoms with E-state index in [-0.39, 0.29) is 17.4 Å². The smallest absolute Gasteiger partial charge is 0.224 e. The number of rotatable bonds is 7. The molecule has 112 valence electrons. The van der Waals surface area contributed by atoms with Gasteiger partial charge in [0.15, 0.2) is 0 Å². The molecule has 0 aromatic heterocycles. The number of carbonyl (C=O) groups is 1. The normalized spacial score (nSPS) is 11.4. The monoisotopic (exact) mass is 284 g/mol. The molecule has 0 bridgehead atoms. The fourth-order valence-electron chi connectivity index (χ4n) is 2.07. The Morgan fingerprint density at radius 2 is 1.80 bits per heavy atom. The molecule has 0 saturated carbocycles. The standard InChI is InChI=1S/C15H22F2N2O/c1-3-15(4-2,9-18)10-19-14(20)8-11-12(16)6-5-7-13(11)17/h5-7H,3-4,8-10,18H2,1-2H3,(H,19,20). The van der Waals surface area contributed by atoms with Crippen molar-refractivity contribution < 1.29 is 13.6 Å². The first-order valence-corrected chi connectivity index (χ1v) is 6.87. The highest BCUT2D eigenvalue weighted by molar-refractivity contribution is 5.78. The van der Waals surface area contributed by atoms with E-state index in [1.807, 2.05) is 13.8 Å². The van der Waals surface area contributed by atoms with Gasteiger partial charge in [-0.15, -0.1) is 0 Å². The summed E-state index contributed by atoms with van der Waals surface area (Å²) in [5, 5.41) is 2.73. The van der Waals surface area contributed by atoms with Gasteiger partial charge in [0.25, 0.3) is 0 Å². The van der Waals surface area contributed by atoms with Gasteiger partial charge in [0.2, 0.25) is 5.91 Å². The van der Waals surface area contributed by atoms with Gasteiger partial charge in [0, 0.05) is 12.1 Å². The maximum Gasteiger partial charge on any atom is 0.224 e. The molecule has 0 unspecified atom stereocenters. The molecule has 0 aliphatic heterocycles. The van der Waals surface area contributed by atoms with Gasteiger partial charge in [-0.25, -0.2) is 8.78 Å². The summed E-state index contributed by atoms with van der Waals surface area (Å²) in [5.41, 5.74) is 5.40. The quantitative estimate of drug-likeness (QED) is 0.807. The molecule has 1 rings (SSSR count). The zero-order chi connectivity index (χ0) is 15.2. The molecule has 0 heterocycles. The summed E-state index contributed by atoms with van der Waals surface area (Å²) in [6.45, 7) is 4.91. The predicted octanol–water partition coefficient (Wildman–Crippen LogP) is 2.39. The van der Waals surface area contributed by atoms with Crippen LogP contribution in [0.3, 0.4) is 0 Å².